The summed E-state index contributed by atoms with van der Waals surface area (Å²) >= 11 is 0. The fourth-order valence-corrected chi connectivity index (χ4v) is 4.84. The van der Waals surface area contributed by atoms with E-state index < -0.39 is 10.0 Å². The minimum atomic E-state index is -3.41. The monoisotopic (exact) mass is 448 g/mol. The molecule has 1 saturated heterocycles. The summed E-state index contributed by atoms with van der Waals surface area (Å²) in [6.07, 6.45) is 4.77. The van der Waals surface area contributed by atoms with Crippen LogP contribution in [0.3, 0.4) is 0 Å². The summed E-state index contributed by atoms with van der Waals surface area (Å²) in [6, 6.07) is 7.43. The largest absolute Gasteiger partial charge is 0.497 e. The van der Waals surface area contributed by atoms with Crippen LogP contribution in [0.15, 0.2) is 28.8 Å². The van der Waals surface area contributed by atoms with Gasteiger partial charge in [-0.05, 0) is 37.0 Å². The molecular formula is C21H28N4O5S. The van der Waals surface area contributed by atoms with Crippen LogP contribution < -0.4 is 4.74 Å². The highest BCUT2D eigenvalue weighted by atomic mass is 32.2. The molecular weight excluding hydrogens is 420 g/mol. The molecule has 4 rings (SSSR count). The van der Waals surface area contributed by atoms with Crippen molar-refractivity contribution in [2.45, 2.75) is 44.1 Å². The van der Waals surface area contributed by atoms with Crippen LogP contribution in [0.1, 0.15) is 42.5 Å². The Morgan fingerprint density at radius 3 is 2.55 bits per heavy atom. The molecule has 2 aromatic rings. The summed E-state index contributed by atoms with van der Waals surface area (Å²) in [4.78, 5) is 18.6. The first-order valence-corrected chi connectivity index (χ1v) is 12.4. The van der Waals surface area contributed by atoms with Gasteiger partial charge in [0.2, 0.25) is 21.8 Å². The molecule has 31 heavy (non-hydrogen) atoms. The molecule has 1 aliphatic heterocycles. The van der Waals surface area contributed by atoms with Crippen molar-refractivity contribution in [2.24, 2.45) is 0 Å². The zero-order chi connectivity index (χ0) is 22.0. The van der Waals surface area contributed by atoms with E-state index >= 15 is 0 Å². The van der Waals surface area contributed by atoms with Crippen molar-refractivity contribution in [3.05, 3.63) is 41.5 Å². The number of aromatic nitrogens is 2. The minimum Gasteiger partial charge on any atom is -0.497 e. The summed E-state index contributed by atoms with van der Waals surface area (Å²) in [5.41, 5.74) is 1.06. The lowest BCUT2D eigenvalue weighted by Crippen LogP contribution is -2.62. The number of carbonyl (C=O) groups is 1. The Morgan fingerprint density at radius 1 is 1.23 bits per heavy atom. The Hall–Kier alpha value is -2.46. The molecule has 0 N–H and O–H groups in total. The number of aryl methyl sites for hydroxylation is 1. The highest BCUT2D eigenvalue weighted by Crippen LogP contribution is 2.38. The van der Waals surface area contributed by atoms with E-state index in [2.05, 4.69) is 10.1 Å². The van der Waals surface area contributed by atoms with Gasteiger partial charge in [0.15, 0.2) is 5.82 Å². The number of carbonyl (C=O) groups excluding carboxylic acids is 1. The van der Waals surface area contributed by atoms with Gasteiger partial charge in [0, 0.05) is 38.4 Å². The Balaban J connectivity index is 1.26. The molecule has 0 unspecified atom stereocenters. The summed E-state index contributed by atoms with van der Waals surface area (Å²) in [6.45, 7) is 1.10. The van der Waals surface area contributed by atoms with Gasteiger partial charge in [0.1, 0.15) is 5.75 Å². The number of likely N-dealkylation sites (tertiary alicyclic amines) is 1. The van der Waals surface area contributed by atoms with Crippen LogP contribution in [-0.4, -0.2) is 72.7 Å². The number of amides is 1. The molecule has 1 aromatic heterocycles. The highest BCUT2D eigenvalue weighted by molar-refractivity contribution is 7.88. The third-order valence-corrected chi connectivity index (χ3v) is 7.13. The molecule has 9 nitrogen and oxygen atoms in total. The van der Waals surface area contributed by atoms with Crippen LogP contribution in [-0.2, 0) is 27.7 Å². The Kier molecular flexibility index (Phi) is 6.29. The lowest BCUT2D eigenvalue weighted by Gasteiger charge is -2.44. The van der Waals surface area contributed by atoms with E-state index in [1.54, 1.807) is 12.0 Å². The van der Waals surface area contributed by atoms with Crippen LogP contribution in [0, 0.1) is 0 Å². The van der Waals surface area contributed by atoms with E-state index in [1.165, 1.54) is 10.6 Å². The maximum absolute atomic E-state index is 12.5. The van der Waals surface area contributed by atoms with Gasteiger partial charge in [-0.15, -0.1) is 0 Å². The van der Waals surface area contributed by atoms with Crippen molar-refractivity contribution < 1.29 is 22.5 Å². The number of hydrogen-bond acceptors (Lipinski definition) is 7. The van der Waals surface area contributed by atoms with Crippen molar-refractivity contribution in [3.8, 4) is 5.75 Å². The summed E-state index contributed by atoms with van der Waals surface area (Å²) in [5, 5.41) is 3.96. The third-order valence-electron chi connectivity index (χ3n) is 5.80. The van der Waals surface area contributed by atoms with E-state index in [0.717, 1.165) is 24.2 Å². The first kappa shape index (κ1) is 21.8. The van der Waals surface area contributed by atoms with Crippen LogP contribution in [0.2, 0.25) is 0 Å². The molecule has 0 atom stereocenters. The summed E-state index contributed by atoms with van der Waals surface area (Å²) < 4.78 is 36.4. The molecule has 2 heterocycles. The normalized spacial score (nSPS) is 17.1. The molecule has 1 aliphatic carbocycles. The van der Waals surface area contributed by atoms with Gasteiger partial charge in [-0.1, -0.05) is 17.3 Å². The van der Waals surface area contributed by atoms with Crippen LogP contribution in [0.25, 0.3) is 0 Å². The fourth-order valence-electron chi connectivity index (χ4n) is 3.74. The number of ether oxygens (including phenoxy) is 1. The van der Waals surface area contributed by atoms with Crippen LogP contribution >= 0.6 is 0 Å². The molecule has 10 heteroatoms. The first-order valence-electron chi connectivity index (χ1n) is 10.5. The number of rotatable bonds is 10. The van der Waals surface area contributed by atoms with Crippen LogP contribution in [0.4, 0.5) is 0 Å². The minimum absolute atomic E-state index is 0.0350. The number of methoxy groups -OCH3 is 1. The second-order valence-electron chi connectivity index (χ2n) is 8.25. The van der Waals surface area contributed by atoms with Gasteiger partial charge in [-0.25, -0.2) is 8.42 Å². The van der Waals surface area contributed by atoms with Crippen molar-refractivity contribution >= 4 is 15.9 Å². The average molecular weight is 449 g/mol. The first-order chi connectivity index (χ1) is 14.8. The maximum atomic E-state index is 12.5. The highest BCUT2D eigenvalue weighted by Gasteiger charge is 2.38. The van der Waals surface area contributed by atoms with Gasteiger partial charge >= 0.3 is 0 Å². The number of benzene rings is 1. The maximum Gasteiger partial charge on any atom is 0.229 e. The Labute approximate surface area is 182 Å². The quantitative estimate of drug-likeness (QED) is 0.543. The van der Waals surface area contributed by atoms with Gasteiger partial charge in [-0.3, -0.25) is 4.79 Å². The molecule has 1 aromatic carbocycles. The molecule has 2 fully saturated rings. The second kappa shape index (κ2) is 8.96. The predicted octanol–water partition coefficient (Wildman–Crippen LogP) is 1.60. The smallest absolute Gasteiger partial charge is 0.229 e. The van der Waals surface area contributed by atoms with Gasteiger partial charge in [0.05, 0.1) is 19.4 Å². The molecule has 168 valence electrons. The number of hydrogen-bond donors (Lipinski definition) is 0. The molecule has 0 bridgehead atoms. The predicted molar refractivity (Wildman–Crippen MR) is 113 cm³/mol. The molecule has 1 saturated carbocycles. The molecule has 0 radical (unpaired) electrons. The van der Waals surface area contributed by atoms with Crippen LogP contribution in [0.5, 0.6) is 5.75 Å². The molecule has 0 spiro atoms. The van der Waals surface area contributed by atoms with E-state index in [9.17, 15) is 13.2 Å². The summed E-state index contributed by atoms with van der Waals surface area (Å²) in [7, 11) is -1.79. The summed E-state index contributed by atoms with van der Waals surface area (Å²) in [5.74, 6) is 2.37. The fraction of sp³-hybridized carbons (Fsp3) is 0.571. The van der Waals surface area contributed by atoms with Crippen molar-refractivity contribution in [3.63, 3.8) is 0 Å². The lowest BCUT2D eigenvalue weighted by atomic mass is 10.1. The SMILES string of the molecule is COc1ccc(CCC(=O)N2CC(N(CCc3noc(C4CC4)n3)S(C)(=O)=O)C2)cc1. The van der Waals surface area contributed by atoms with Crippen molar-refractivity contribution in [1.82, 2.24) is 19.3 Å². The van der Waals surface area contributed by atoms with E-state index in [4.69, 9.17) is 9.26 Å². The zero-order valence-electron chi connectivity index (χ0n) is 17.9. The van der Waals surface area contributed by atoms with E-state index in [1.807, 2.05) is 24.3 Å². The number of nitrogens with zero attached hydrogens (tertiary/aromatic N) is 4. The zero-order valence-corrected chi connectivity index (χ0v) is 18.7. The van der Waals surface area contributed by atoms with E-state index in [0.29, 0.717) is 50.0 Å². The Morgan fingerprint density at radius 2 is 1.94 bits per heavy atom. The van der Waals surface area contributed by atoms with E-state index in [-0.39, 0.29) is 18.5 Å². The van der Waals surface area contributed by atoms with Gasteiger partial charge < -0.3 is 14.2 Å². The standard InChI is InChI=1S/C21H28N4O5S/c1-29-18-8-3-15(4-9-18)5-10-20(26)24-13-17(14-24)25(31(2,27)28)12-11-19-22-21(30-23-19)16-6-7-16/h3-4,8-9,16-17H,5-7,10-14H2,1-2H3. The second-order valence-corrected chi connectivity index (χ2v) is 10.2. The Bertz CT molecular complexity index is 1010. The topological polar surface area (TPSA) is 106 Å². The van der Waals surface area contributed by atoms with Crippen molar-refractivity contribution in [1.29, 1.82) is 0 Å². The van der Waals surface area contributed by atoms with Crippen molar-refractivity contribution in [2.75, 3.05) is 33.0 Å². The third kappa shape index (κ3) is 5.43. The molecule has 2 aliphatic rings. The van der Waals surface area contributed by atoms with Gasteiger partial charge in [-0.2, -0.15) is 9.29 Å². The average Bonchev–Trinajstić information content (AvgIpc) is 3.45. The van der Waals surface area contributed by atoms with Gasteiger partial charge in [0.25, 0.3) is 0 Å². The lowest BCUT2D eigenvalue weighted by molar-refractivity contribution is -0.137. The molecule has 1 amide bonds. The number of sulfonamides is 1.